The van der Waals surface area contributed by atoms with Crippen LogP contribution in [0.1, 0.15) is 36.6 Å². The van der Waals surface area contributed by atoms with Crippen LogP contribution in [-0.2, 0) is 0 Å². The minimum absolute atomic E-state index is 0.00365. The zero-order valence-electron chi connectivity index (χ0n) is 11.0. The van der Waals surface area contributed by atoms with Crippen molar-refractivity contribution >= 4 is 5.57 Å². The van der Waals surface area contributed by atoms with E-state index in [4.69, 9.17) is 0 Å². The maximum atomic E-state index is 11.9. The van der Waals surface area contributed by atoms with Crippen LogP contribution >= 0.6 is 0 Å². The number of hydrogen-bond acceptors (Lipinski definition) is 2. The molecule has 0 spiro atoms. The van der Waals surface area contributed by atoms with E-state index < -0.39 is 5.69 Å². The van der Waals surface area contributed by atoms with Gasteiger partial charge in [-0.3, -0.25) is 9.78 Å². The monoisotopic (exact) mass is 256 g/mol. The van der Waals surface area contributed by atoms with E-state index in [1.54, 1.807) is 0 Å². The molecule has 1 heterocycles. The quantitative estimate of drug-likeness (QED) is 0.884. The molecule has 0 saturated heterocycles. The topological polar surface area (TPSA) is 65.7 Å². The normalized spacial score (nSPS) is 10.7. The third-order valence-electron chi connectivity index (χ3n) is 2.98. The van der Waals surface area contributed by atoms with E-state index in [2.05, 4.69) is 16.5 Å². The van der Waals surface area contributed by atoms with Crippen LogP contribution in [-0.4, -0.2) is 9.97 Å². The molecule has 0 bridgehead atoms. The van der Waals surface area contributed by atoms with Crippen molar-refractivity contribution in [2.24, 2.45) is 0 Å². The van der Waals surface area contributed by atoms with Crippen LogP contribution < -0.4 is 11.2 Å². The first-order chi connectivity index (χ1) is 9.00. The summed E-state index contributed by atoms with van der Waals surface area (Å²) in [5, 5.41) is 0. The Kier molecular flexibility index (Phi) is 3.51. The summed E-state index contributed by atoms with van der Waals surface area (Å²) in [6, 6.07) is 9.47. The average molecular weight is 256 g/mol. The van der Waals surface area contributed by atoms with E-state index in [1.165, 1.54) is 0 Å². The summed E-state index contributed by atoms with van der Waals surface area (Å²) in [4.78, 5) is 28.3. The van der Waals surface area contributed by atoms with Gasteiger partial charge in [0.15, 0.2) is 0 Å². The summed E-state index contributed by atoms with van der Waals surface area (Å²) in [6.45, 7) is 7.81. The van der Waals surface area contributed by atoms with Crippen molar-refractivity contribution in [2.75, 3.05) is 0 Å². The fraction of sp³-hybridized carbons (Fsp3) is 0.200. The van der Waals surface area contributed by atoms with E-state index in [-0.39, 0.29) is 11.5 Å². The molecule has 98 valence electrons. The van der Waals surface area contributed by atoms with Gasteiger partial charge in [-0.05, 0) is 17.1 Å². The Balaban J connectivity index is 2.66. The Labute approximate surface area is 110 Å². The second-order valence-electron chi connectivity index (χ2n) is 4.70. The minimum atomic E-state index is -0.513. The van der Waals surface area contributed by atoms with Gasteiger partial charge in [-0.25, -0.2) is 4.79 Å². The summed E-state index contributed by atoms with van der Waals surface area (Å²) in [7, 11) is 0. The molecule has 0 aliphatic heterocycles. The predicted octanol–water partition coefficient (Wildman–Crippen LogP) is 2.25. The first-order valence-corrected chi connectivity index (χ1v) is 6.12. The van der Waals surface area contributed by atoms with Crippen molar-refractivity contribution in [1.82, 2.24) is 9.97 Å². The molecular formula is C15H16N2O2. The van der Waals surface area contributed by atoms with Crippen molar-refractivity contribution in [1.29, 1.82) is 0 Å². The molecular weight excluding hydrogens is 240 g/mol. The van der Waals surface area contributed by atoms with Crippen molar-refractivity contribution in [3.8, 4) is 0 Å². The lowest BCUT2D eigenvalue weighted by atomic mass is 9.95. The minimum Gasteiger partial charge on any atom is -0.307 e. The third-order valence-corrected chi connectivity index (χ3v) is 2.98. The molecule has 0 saturated carbocycles. The van der Waals surface area contributed by atoms with Gasteiger partial charge in [0.05, 0.1) is 5.69 Å². The second-order valence-corrected chi connectivity index (χ2v) is 4.70. The fourth-order valence-corrected chi connectivity index (χ4v) is 2.07. The Bertz CT molecular complexity index is 709. The molecule has 0 aliphatic carbocycles. The van der Waals surface area contributed by atoms with Crippen LogP contribution in [0.25, 0.3) is 5.57 Å². The molecule has 1 aromatic heterocycles. The second kappa shape index (κ2) is 5.10. The summed E-state index contributed by atoms with van der Waals surface area (Å²) >= 11 is 0. The van der Waals surface area contributed by atoms with E-state index in [0.717, 1.165) is 5.56 Å². The molecule has 2 aromatic rings. The summed E-state index contributed by atoms with van der Waals surface area (Å²) in [5.41, 5.74) is 1.72. The van der Waals surface area contributed by atoms with Crippen LogP contribution in [0.5, 0.6) is 0 Å². The molecule has 19 heavy (non-hydrogen) atoms. The molecule has 4 nitrogen and oxygen atoms in total. The van der Waals surface area contributed by atoms with Gasteiger partial charge in [0, 0.05) is 5.56 Å². The van der Waals surface area contributed by atoms with Crippen molar-refractivity contribution < 1.29 is 0 Å². The van der Waals surface area contributed by atoms with Gasteiger partial charge < -0.3 is 4.98 Å². The first-order valence-electron chi connectivity index (χ1n) is 6.12. The average Bonchev–Trinajstić information content (AvgIpc) is 2.37. The number of rotatable bonds is 3. The van der Waals surface area contributed by atoms with E-state index in [9.17, 15) is 9.59 Å². The third kappa shape index (κ3) is 2.57. The van der Waals surface area contributed by atoms with E-state index in [1.807, 2.05) is 44.2 Å². The lowest BCUT2D eigenvalue weighted by molar-refractivity contribution is 0.813. The highest BCUT2D eigenvalue weighted by Gasteiger charge is 2.16. The molecule has 4 heteroatoms. The van der Waals surface area contributed by atoms with Crippen LogP contribution in [0.4, 0.5) is 0 Å². The highest BCUT2D eigenvalue weighted by atomic mass is 16.2. The zero-order valence-corrected chi connectivity index (χ0v) is 11.0. The molecule has 0 fully saturated rings. The highest BCUT2D eigenvalue weighted by Crippen LogP contribution is 2.24. The number of benzene rings is 1. The Hall–Kier alpha value is -2.36. The number of aromatic nitrogens is 2. The highest BCUT2D eigenvalue weighted by molar-refractivity contribution is 5.77. The maximum Gasteiger partial charge on any atom is 0.326 e. The number of hydrogen-bond donors (Lipinski definition) is 2. The van der Waals surface area contributed by atoms with Crippen molar-refractivity contribution in [3.05, 3.63) is 74.6 Å². The zero-order chi connectivity index (χ0) is 14.0. The fourth-order valence-electron chi connectivity index (χ4n) is 2.07. The smallest absolute Gasteiger partial charge is 0.307 e. The van der Waals surface area contributed by atoms with Gasteiger partial charge in [-0.1, -0.05) is 50.8 Å². The lowest BCUT2D eigenvalue weighted by Crippen LogP contribution is -2.28. The maximum absolute atomic E-state index is 11.9. The standard InChI is InChI=1S/C15H16N2O2/c1-9(2)12-13(16-15(19)17-14(12)18)10(3)11-7-5-4-6-8-11/h4-9H,3H2,1-2H3,(H2,16,17,18,19). The molecule has 1 aromatic carbocycles. The van der Waals surface area contributed by atoms with Gasteiger partial charge in [0.2, 0.25) is 0 Å². The SMILES string of the molecule is C=C(c1ccccc1)c1[nH]c(=O)[nH]c(=O)c1C(C)C. The molecule has 2 N–H and O–H groups in total. The van der Waals surface area contributed by atoms with Crippen LogP contribution in [0, 0.1) is 0 Å². The van der Waals surface area contributed by atoms with Crippen molar-refractivity contribution in [2.45, 2.75) is 19.8 Å². The van der Waals surface area contributed by atoms with Crippen LogP contribution in [0.15, 0.2) is 46.5 Å². The summed E-state index contributed by atoms with van der Waals surface area (Å²) in [6.07, 6.45) is 0. The summed E-state index contributed by atoms with van der Waals surface area (Å²) in [5.74, 6) is -0.00365. The van der Waals surface area contributed by atoms with Crippen LogP contribution in [0.3, 0.4) is 0 Å². The molecule has 0 aliphatic rings. The van der Waals surface area contributed by atoms with Crippen LogP contribution in [0.2, 0.25) is 0 Å². The van der Waals surface area contributed by atoms with E-state index >= 15 is 0 Å². The van der Waals surface area contributed by atoms with Gasteiger partial charge in [0.25, 0.3) is 5.56 Å². The first kappa shape index (κ1) is 13.1. The van der Waals surface area contributed by atoms with Gasteiger partial charge in [0.1, 0.15) is 0 Å². The van der Waals surface area contributed by atoms with E-state index in [0.29, 0.717) is 16.8 Å². The summed E-state index contributed by atoms with van der Waals surface area (Å²) < 4.78 is 0. The van der Waals surface area contributed by atoms with Gasteiger partial charge in [-0.2, -0.15) is 0 Å². The van der Waals surface area contributed by atoms with Gasteiger partial charge >= 0.3 is 5.69 Å². The number of aromatic amines is 2. The largest absolute Gasteiger partial charge is 0.326 e. The number of nitrogens with one attached hydrogen (secondary N) is 2. The molecule has 0 amide bonds. The lowest BCUT2D eigenvalue weighted by Gasteiger charge is -2.13. The molecule has 0 radical (unpaired) electrons. The molecule has 0 unspecified atom stereocenters. The predicted molar refractivity (Wildman–Crippen MR) is 76.4 cm³/mol. The Morgan fingerprint density at radius 2 is 1.74 bits per heavy atom. The number of H-pyrrole nitrogens is 2. The Morgan fingerprint density at radius 3 is 2.32 bits per heavy atom. The van der Waals surface area contributed by atoms with Crippen molar-refractivity contribution in [3.63, 3.8) is 0 Å². The molecule has 0 atom stereocenters. The molecule has 2 rings (SSSR count). The van der Waals surface area contributed by atoms with Gasteiger partial charge in [-0.15, -0.1) is 0 Å². The Morgan fingerprint density at radius 1 is 1.11 bits per heavy atom.